The van der Waals surface area contributed by atoms with Crippen LogP contribution in [0.5, 0.6) is 11.5 Å². The molecule has 1 aliphatic heterocycles. The summed E-state index contributed by atoms with van der Waals surface area (Å²) in [6.45, 7) is 2.27. The first kappa shape index (κ1) is 19.6. The van der Waals surface area contributed by atoms with E-state index in [-0.39, 0.29) is 25.1 Å². The molecule has 31 heavy (non-hydrogen) atoms. The first-order valence-corrected chi connectivity index (χ1v) is 10.7. The van der Waals surface area contributed by atoms with Crippen molar-refractivity contribution in [2.45, 2.75) is 31.6 Å². The van der Waals surface area contributed by atoms with E-state index in [4.69, 9.17) is 18.7 Å². The molecule has 0 unspecified atom stereocenters. The molecule has 3 heterocycles. The number of carbonyl (C=O) groups excluding carboxylic acids is 2. The van der Waals surface area contributed by atoms with Gasteiger partial charge >= 0.3 is 5.97 Å². The van der Waals surface area contributed by atoms with Crippen molar-refractivity contribution in [3.63, 3.8) is 0 Å². The van der Waals surface area contributed by atoms with E-state index >= 15 is 0 Å². The second-order valence-electron chi connectivity index (χ2n) is 7.31. The molecule has 2 aromatic heterocycles. The van der Waals surface area contributed by atoms with Crippen LogP contribution in [-0.2, 0) is 26.2 Å². The van der Waals surface area contributed by atoms with Gasteiger partial charge in [0.25, 0.3) is 0 Å². The summed E-state index contributed by atoms with van der Waals surface area (Å²) < 4.78 is 21.2. The van der Waals surface area contributed by atoms with Crippen molar-refractivity contribution in [3.8, 4) is 22.8 Å². The van der Waals surface area contributed by atoms with Crippen molar-refractivity contribution in [3.05, 3.63) is 41.0 Å². The Balaban J connectivity index is 1.29. The fourth-order valence-electron chi connectivity index (χ4n) is 3.43. The van der Waals surface area contributed by atoms with Gasteiger partial charge in [0, 0.05) is 17.0 Å². The van der Waals surface area contributed by atoms with Gasteiger partial charge in [0.1, 0.15) is 0 Å². The van der Waals surface area contributed by atoms with E-state index in [0.717, 1.165) is 5.56 Å². The molecule has 1 aromatic carbocycles. The van der Waals surface area contributed by atoms with Gasteiger partial charge in [-0.15, -0.1) is 11.3 Å². The van der Waals surface area contributed by atoms with Crippen LogP contribution in [-0.4, -0.2) is 35.4 Å². The number of hydrogen-bond donors (Lipinski definition) is 1. The molecule has 1 saturated carbocycles. The SMILES string of the molecule is CCOC(=O)Cc1csc(NC(=O)C2(c3cc(-c4ccc5c(c4)OCO5)on3)CC2)n1. The molecular weight excluding hydrogens is 422 g/mol. The number of carbonyl (C=O) groups is 2. The predicted octanol–water partition coefficient (Wildman–Crippen LogP) is 3.30. The maximum Gasteiger partial charge on any atom is 0.311 e. The third kappa shape index (κ3) is 3.74. The lowest BCUT2D eigenvalue weighted by atomic mass is 10.0. The zero-order chi connectivity index (χ0) is 21.4. The number of thiazole rings is 1. The van der Waals surface area contributed by atoms with Crippen molar-refractivity contribution in [1.82, 2.24) is 10.1 Å². The molecule has 1 N–H and O–H groups in total. The molecule has 160 valence electrons. The number of fused-ring (bicyclic) bond motifs is 1. The minimum Gasteiger partial charge on any atom is -0.466 e. The lowest BCUT2D eigenvalue weighted by Gasteiger charge is -2.10. The Kier molecular flexibility index (Phi) is 4.85. The third-order valence-electron chi connectivity index (χ3n) is 5.25. The van der Waals surface area contributed by atoms with Crippen LogP contribution in [0.15, 0.2) is 34.2 Å². The van der Waals surface area contributed by atoms with Crippen LogP contribution in [0.3, 0.4) is 0 Å². The highest BCUT2D eigenvalue weighted by Gasteiger charge is 2.54. The van der Waals surface area contributed by atoms with Crippen LogP contribution in [0.25, 0.3) is 11.3 Å². The lowest BCUT2D eigenvalue weighted by Crippen LogP contribution is -2.28. The molecule has 1 amide bonds. The molecule has 9 nitrogen and oxygen atoms in total. The van der Waals surface area contributed by atoms with Gasteiger partial charge in [0.2, 0.25) is 12.7 Å². The molecule has 0 radical (unpaired) electrons. The number of hydrogen-bond acceptors (Lipinski definition) is 9. The molecule has 10 heteroatoms. The summed E-state index contributed by atoms with van der Waals surface area (Å²) in [6, 6.07) is 7.29. The highest BCUT2D eigenvalue weighted by Crippen LogP contribution is 2.49. The van der Waals surface area contributed by atoms with Gasteiger partial charge in [-0.1, -0.05) is 5.16 Å². The summed E-state index contributed by atoms with van der Waals surface area (Å²) >= 11 is 1.27. The van der Waals surface area contributed by atoms with Gasteiger partial charge < -0.3 is 24.1 Å². The maximum atomic E-state index is 13.0. The predicted molar refractivity (Wildman–Crippen MR) is 110 cm³/mol. The van der Waals surface area contributed by atoms with Crippen LogP contribution < -0.4 is 14.8 Å². The van der Waals surface area contributed by atoms with Crippen molar-refractivity contribution >= 4 is 28.3 Å². The topological polar surface area (TPSA) is 113 Å². The summed E-state index contributed by atoms with van der Waals surface area (Å²) in [5.41, 5.74) is 1.21. The normalized spacial score (nSPS) is 15.5. The van der Waals surface area contributed by atoms with E-state index < -0.39 is 5.41 Å². The number of nitrogens with zero attached hydrogens (tertiary/aromatic N) is 2. The van der Waals surface area contributed by atoms with E-state index in [1.54, 1.807) is 18.4 Å². The molecule has 0 spiro atoms. The average Bonchev–Trinajstić information content (AvgIpc) is 3.12. The average molecular weight is 441 g/mol. The maximum absolute atomic E-state index is 13.0. The largest absolute Gasteiger partial charge is 0.466 e. The molecule has 2 aliphatic rings. The highest BCUT2D eigenvalue weighted by molar-refractivity contribution is 7.14. The Morgan fingerprint density at radius 1 is 1.23 bits per heavy atom. The van der Waals surface area contributed by atoms with Gasteiger partial charge in [0.05, 0.1) is 29.8 Å². The van der Waals surface area contributed by atoms with E-state index in [1.807, 2.05) is 18.2 Å². The van der Waals surface area contributed by atoms with Crippen molar-refractivity contribution in [1.29, 1.82) is 0 Å². The number of nitrogens with one attached hydrogen (secondary N) is 1. The fraction of sp³-hybridized carbons (Fsp3) is 0.333. The van der Waals surface area contributed by atoms with Crippen LogP contribution in [0.2, 0.25) is 0 Å². The quantitative estimate of drug-likeness (QED) is 0.556. The fourth-order valence-corrected chi connectivity index (χ4v) is 4.14. The molecule has 5 rings (SSSR count). The zero-order valence-corrected chi connectivity index (χ0v) is 17.5. The molecule has 3 aromatic rings. The number of rotatable bonds is 7. The second-order valence-corrected chi connectivity index (χ2v) is 8.16. The van der Waals surface area contributed by atoms with Gasteiger partial charge in [-0.2, -0.15) is 0 Å². The first-order valence-electron chi connectivity index (χ1n) is 9.86. The molecular formula is C21H19N3O6S. The molecule has 1 aliphatic carbocycles. The zero-order valence-electron chi connectivity index (χ0n) is 16.7. The Labute approximate surface area is 181 Å². The summed E-state index contributed by atoms with van der Waals surface area (Å²) in [7, 11) is 0. The summed E-state index contributed by atoms with van der Waals surface area (Å²) in [6.07, 6.45) is 1.42. The van der Waals surface area contributed by atoms with Crippen LogP contribution in [0, 0.1) is 0 Å². The first-order chi connectivity index (χ1) is 15.1. The molecule has 1 fully saturated rings. The Morgan fingerprint density at radius 2 is 2.06 bits per heavy atom. The molecule has 0 saturated heterocycles. The minimum absolute atomic E-state index is 0.0769. The van der Waals surface area contributed by atoms with Crippen molar-refractivity contribution < 1.29 is 28.3 Å². The van der Waals surface area contributed by atoms with Gasteiger partial charge in [0.15, 0.2) is 22.4 Å². The highest BCUT2D eigenvalue weighted by atomic mass is 32.1. The number of aromatic nitrogens is 2. The van der Waals surface area contributed by atoms with Crippen molar-refractivity contribution in [2.24, 2.45) is 0 Å². The number of benzene rings is 1. The van der Waals surface area contributed by atoms with Gasteiger partial charge in [-0.25, -0.2) is 4.98 Å². The van der Waals surface area contributed by atoms with E-state index in [1.165, 1.54) is 11.3 Å². The Bertz CT molecular complexity index is 1150. The summed E-state index contributed by atoms with van der Waals surface area (Å²) in [5, 5.41) is 9.19. The van der Waals surface area contributed by atoms with Crippen LogP contribution >= 0.6 is 11.3 Å². The molecule has 0 bridgehead atoms. The number of esters is 1. The monoisotopic (exact) mass is 441 g/mol. The third-order valence-corrected chi connectivity index (χ3v) is 6.05. The van der Waals surface area contributed by atoms with Crippen molar-refractivity contribution in [2.75, 3.05) is 18.7 Å². The number of amides is 1. The lowest BCUT2D eigenvalue weighted by molar-refractivity contribution is -0.142. The second kappa shape index (κ2) is 7.69. The van der Waals surface area contributed by atoms with E-state index in [2.05, 4.69) is 15.5 Å². The van der Waals surface area contributed by atoms with Gasteiger partial charge in [-0.3, -0.25) is 9.59 Å². The number of ether oxygens (including phenoxy) is 3. The number of anilines is 1. The summed E-state index contributed by atoms with van der Waals surface area (Å²) in [5.74, 6) is 1.36. The minimum atomic E-state index is -0.731. The Hall–Kier alpha value is -3.40. The van der Waals surface area contributed by atoms with E-state index in [0.29, 0.717) is 53.2 Å². The van der Waals surface area contributed by atoms with Gasteiger partial charge in [-0.05, 0) is 38.0 Å². The Morgan fingerprint density at radius 3 is 2.87 bits per heavy atom. The smallest absolute Gasteiger partial charge is 0.311 e. The van der Waals surface area contributed by atoms with Crippen LogP contribution in [0.1, 0.15) is 31.2 Å². The molecule has 0 atom stereocenters. The van der Waals surface area contributed by atoms with E-state index in [9.17, 15) is 9.59 Å². The standard InChI is InChI=1S/C21H19N3O6S/c1-2-27-18(25)8-13-10-31-20(22-13)23-19(26)21(5-6-21)17-9-15(30-24-17)12-3-4-14-16(7-12)29-11-28-14/h3-4,7,9-10H,2,5-6,8,11H2,1H3,(H,22,23,26). The van der Waals surface area contributed by atoms with Crippen LogP contribution in [0.4, 0.5) is 5.13 Å². The summed E-state index contributed by atoms with van der Waals surface area (Å²) in [4.78, 5) is 28.9.